The molecule has 1 aromatic heterocycles. The van der Waals surface area contributed by atoms with Crippen molar-refractivity contribution in [1.29, 1.82) is 0 Å². The Bertz CT molecular complexity index is 734. The van der Waals surface area contributed by atoms with E-state index < -0.39 is 0 Å². The summed E-state index contributed by atoms with van der Waals surface area (Å²) in [6.45, 7) is 2.81. The van der Waals surface area contributed by atoms with Gasteiger partial charge in [0, 0.05) is 42.6 Å². The first-order chi connectivity index (χ1) is 13.9. The molecule has 7 nitrogen and oxygen atoms in total. The molecular formula is C22H34N4O3. The Morgan fingerprint density at radius 3 is 2.48 bits per heavy atom. The standard InChI is InChI=1S/C22H34N4O3/c1-14-12-17(23-21(27)19-13-20(29-24-19)15-4-5-15)10-11-26(14)22(28)16-6-8-18(9-7-16)25(2)3/h13-18H,4-12H2,1-3H3,(H,23,27)/t14-,16-,17?,18-/m1/s1. The molecular weight excluding hydrogens is 368 g/mol. The smallest absolute Gasteiger partial charge is 0.273 e. The van der Waals surface area contributed by atoms with E-state index in [0.717, 1.165) is 57.1 Å². The van der Waals surface area contributed by atoms with Crippen molar-refractivity contribution in [2.45, 2.75) is 82.3 Å². The molecule has 1 aromatic rings. The minimum Gasteiger partial charge on any atom is -0.360 e. The third kappa shape index (κ3) is 4.65. The van der Waals surface area contributed by atoms with Crippen LogP contribution in [0.25, 0.3) is 0 Å². The van der Waals surface area contributed by atoms with Crippen LogP contribution < -0.4 is 5.32 Å². The molecule has 0 radical (unpaired) electrons. The van der Waals surface area contributed by atoms with Crippen molar-refractivity contribution in [3.05, 3.63) is 17.5 Å². The molecule has 2 amide bonds. The molecule has 0 aromatic carbocycles. The second kappa shape index (κ2) is 8.46. The number of nitrogens with zero attached hydrogens (tertiary/aromatic N) is 3. The molecule has 29 heavy (non-hydrogen) atoms. The van der Waals surface area contributed by atoms with Crippen LogP contribution in [0.1, 0.15) is 80.5 Å². The zero-order valence-electron chi connectivity index (χ0n) is 17.9. The Hall–Kier alpha value is -1.89. The van der Waals surface area contributed by atoms with Gasteiger partial charge in [0.15, 0.2) is 5.69 Å². The topological polar surface area (TPSA) is 78.7 Å². The van der Waals surface area contributed by atoms with Crippen molar-refractivity contribution in [2.75, 3.05) is 20.6 Å². The zero-order valence-corrected chi connectivity index (χ0v) is 17.9. The second-order valence-electron chi connectivity index (χ2n) is 9.43. The lowest BCUT2D eigenvalue weighted by Gasteiger charge is -2.41. The lowest BCUT2D eigenvalue weighted by atomic mass is 9.83. The van der Waals surface area contributed by atoms with Crippen LogP contribution in [0.15, 0.2) is 10.6 Å². The summed E-state index contributed by atoms with van der Waals surface area (Å²) < 4.78 is 5.29. The number of carbonyl (C=O) groups excluding carboxylic acids is 2. The molecule has 2 aliphatic carbocycles. The van der Waals surface area contributed by atoms with Gasteiger partial charge in [-0.2, -0.15) is 0 Å². The fourth-order valence-corrected chi connectivity index (χ4v) is 4.92. The van der Waals surface area contributed by atoms with Crippen molar-refractivity contribution < 1.29 is 14.1 Å². The van der Waals surface area contributed by atoms with Gasteiger partial charge in [-0.25, -0.2) is 0 Å². The van der Waals surface area contributed by atoms with E-state index >= 15 is 0 Å². The van der Waals surface area contributed by atoms with Crippen LogP contribution in [0, 0.1) is 5.92 Å². The van der Waals surface area contributed by atoms with Gasteiger partial charge in [0.2, 0.25) is 5.91 Å². The predicted molar refractivity (Wildman–Crippen MR) is 110 cm³/mol. The average molecular weight is 403 g/mol. The number of hydrogen-bond donors (Lipinski definition) is 1. The third-order valence-electron chi connectivity index (χ3n) is 7.01. The van der Waals surface area contributed by atoms with Gasteiger partial charge in [0.25, 0.3) is 5.91 Å². The van der Waals surface area contributed by atoms with Crippen LogP contribution in [0.5, 0.6) is 0 Å². The number of aromatic nitrogens is 1. The molecule has 1 aliphatic heterocycles. The highest BCUT2D eigenvalue weighted by atomic mass is 16.5. The average Bonchev–Trinajstić information content (AvgIpc) is 3.44. The number of carbonyl (C=O) groups is 2. The summed E-state index contributed by atoms with van der Waals surface area (Å²) in [5.74, 6) is 1.58. The van der Waals surface area contributed by atoms with Crippen molar-refractivity contribution in [2.24, 2.45) is 5.92 Å². The Morgan fingerprint density at radius 1 is 1.14 bits per heavy atom. The maximum atomic E-state index is 13.1. The zero-order chi connectivity index (χ0) is 20.5. The maximum absolute atomic E-state index is 13.1. The van der Waals surface area contributed by atoms with Gasteiger partial charge in [-0.15, -0.1) is 0 Å². The molecule has 3 aliphatic rings. The SMILES string of the molecule is C[C@@H]1CC(NC(=O)c2cc(C3CC3)on2)CCN1C(=O)[C@H]1CC[C@H](N(C)C)CC1. The molecule has 2 atom stereocenters. The highest BCUT2D eigenvalue weighted by Crippen LogP contribution is 2.40. The fraction of sp³-hybridized carbons (Fsp3) is 0.773. The predicted octanol–water partition coefficient (Wildman–Crippen LogP) is 2.78. The molecule has 1 N–H and O–H groups in total. The van der Waals surface area contributed by atoms with Gasteiger partial charge in [-0.05, 0) is 72.4 Å². The van der Waals surface area contributed by atoms with E-state index in [4.69, 9.17) is 4.52 Å². The van der Waals surface area contributed by atoms with Gasteiger partial charge >= 0.3 is 0 Å². The van der Waals surface area contributed by atoms with Crippen LogP contribution in [-0.2, 0) is 4.79 Å². The summed E-state index contributed by atoms with van der Waals surface area (Å²) in [6, 6.07) is 2.60. The second-order valence-corrected chi connectivity index (χ2v) is 9.43. The van der Waals surface area contributed by atoms with Crippen LogP contribution >= 0.6 is 0 Å². The lowest BCUT2D eigenvalue weighted by Crippen LogP contribution is -2.52. The number of nitrogens with one attached hydrogen (secondary N) is 1. The van der Waals surface area contributed by atoms with E-state index in [2.05, 4.69) is 36.4 Å². The molecule has 0 spiro atoms. The minimum absolute atomic E-state index is 0.0760. The van der Waals surface area contributed by atoms with Crippen molar-refractivity contribution in [1.82, 2.24) is 20.3 Å². The lowest BCUT2D eigenvalue weighted by molar-refractivity contribution is -0.140. The van der Waals surface area contributed by atoms with Crippen LogP contribution in [0.2, 0.25) is 0 Å². The number of piperidine rings is 1. The van der Waals surface area contributed by atoms with Crippen LogP contribution in [0.3, 0.4) is 0 Å². The Kier molecular flexibility index (Phi) is 5.95. The number of amides is 2. The quantitative estimate of drug-likeness (QED) is 0.819. The first-order valence-electron chi connectivity index (χ1n) is 11.2. The third-order valence-corrected chi connectivity index (χ3v) is 7.01. The molecule has 3 fully saturated rings. The van der Waals surface area contributed by atoms with Gasteiger partial charge in [0.05, 0.1) is 0 Å². The normalized spacial score (nSPS) is 30.4. The summed E-state index contributed by atoms with van der Waals surface area (Å²) >= 11 is 0. The molecule has 4 rings (SSSR count). The van der Waals surface area contributed by atoms with Crippen molar-refractivity contribution in [3.63, 3.8) is 0 Å². The van der Waals surface area contributed by atoms with E-state index in [-0.39, 0.29) is 23.9 Å². The van der Waals surface area contributed by atoms with Crippen LogP contribution in [0.4, 0.5) is 0 Å². The Balaban J connectivity index is 1.26. The van der Waals surface area contributed by atoms with E-state index in [1.54, 1.807) is 6.07 Å². The summed E-state index contributed by atoms with van der Waals surface area (Å²) in [6.07, 6.45) is 8.00. The Morgan fingerprint density at radius 2 is 1.86 bits per heavy atom. The molecule has 1 unspecified atom stereocenters. The summed E-state index contributed by atoms with van der Waals surface area (Å²) in [4.78, 5) is 29.9. The molecule has 7 heteroatoms. The Labute approximate surface area is 173 Å². The summed E-state index contributed by atoms with van der Waals surface area (Å²) in [7, 11) is 4.25. The monoisotopic (exact) mass is 402 g/mol. The highest BCUT2D eigenvalue weighted by molar-refractivity contribution is 5.92. The number of likely N-dealkylation sites (tertiary alicyclic amines) is 1. The van der Waals surface area contributed by atoms with E-state index in [9.17, 15) is 9.59 Å². The first-order valence-corrected chi connectivity index (χ1v) is 11.2. The van der Waals surface area contributed by atoms with E-state index in [0.29, 0.717) is 30.1 Å². The van der Waals surface area contributed by atoms with Crippen molar-refractivity contribution in [3.8, 4) is 0 Å². The van der Waals surface area contributed by atoms with E-state index in [1.807, 2.05) is 4.90 Å². The molecule has 2 saturated carbocycles. The van der Waals surface area contributed by atoms with E-state index in [1.165, 1.54) is 0 Å². The van der Waals surface area contributed by atoms with Gasteiger partial charge in [-0.3, -0.25) is 9.59 Å². The largest absolute Gasteiger partial charge is 0.360 e. The summed E-state index contributed by atoms with van der Waals surface area (Å²) in [5.41, 5.74) is 0.371. The maximum Gasteiger partial charge on any atom is 0.273 e. The number of hydrogen-bond acceptors (Lipinski definition) is 5. The van der Waals surface area contributed by atoms with Crippen molar-refractivity contribution >= 4 is 11.8 Å². The molecule has 2 heterocycles. The number of rotatable bonds is 5. The molecule has 0 bridgehead atoms. The highest BCUT2D eigenvalue weighted by Gasteiger charge is 2.36. The summed E-state index contributed by atoms with van der Waals surface area (Å²) in [5, 5.41) is 7.02. The fourth-order valence-electron chi connectivity index (χ4n) is 4.92. The minimum atomic E-state index is -0.167. The molecule has 1 saturated heterocycles. The first kappa shape index (κ1) is 20.4. The van der Waals surface area contributed by atoms with Gasteiger partial charge in [-0.1, -0.05) is 5.16 Å². The van der Waals surface area contributed by atoms with Crippen LogP contribution in [-0.4, -0.2) is 65.5 Å². The van der Waals surface area contributed by atoms with Gasteiger partial charge < -0.3 is 19.6 Å². The molecule has 160 valence electrons. The van der Waals surface area contributed by atoms with Gasteiger partial charge in [0.1, 0.15) is 5.76 Å².